The Hall–Kier alpha value is -2.64. The van der Waals surface area contributed by atoms with Gasteiger partial charge in [-0.2, -0.15) is 5.10 Å². The second-order valence-electron chi connectivity index (χ2n) is 6.55. The van der Waals surface area contributed by atoms with Crippen molar-refractivity contribution in [1.29, 1.82) is 0 Å². The van der Waals surface area contributed by atoms with Crippen molar-refractivity contribution in [1.82, 2.24) is 24.6 Å². The molecule has 1 aliphatic rings. The average molecular weight is 387 g/mol. The molecule has 4 rings (SSSR count). The highest BCUT2D eigenvalue weighted by molar-refractivity contribution is 5.95. The fourth-order valence-corrected chi connectivity index (χ4v) is 3.48. The van der Waals surface area contributed by atoms with Gasteiger partial charge in [-0.15, -0.1) is 12.4 Å². The number of carbonyl (C=O) groups is 1. The summed E-state index contributed by atoms with van der Waals surface area (Å²) in [5.41, 5.74) is 0.475. The van der Waals surface area contributed by atoms with Crippen molar-refractivity contribution in [3.8, 4) is 0 Å². The highest BCUT2D eigenvalue weighted by Crippen LogP contribution is 2.28. The first-order chi connectivity index (χ1) is 12.8. The van der Waals surface area contributed by atoms with Crippen LogP contribution in [0.1, 0.15) is 18.4 Å². The van der Waals surface area contributed by atoms with Gasteiger partial charge in [0.1, 0.15) is 5.54 Å². The van der Waals surface area contributed by atoms with Crippen molar-refractivity contribution in [3.63, 3.8) is 0 Å². The van der Waals surface area contributed by atoms with Crippen LogP contribution in [0.5, 0.6) is 0 Å². The number of aromatic nitrogens is 4. The lowest BCUT2D eigenvalue weighted by molar-refractivity contribution is -0.126. The van der Waals surface area contributed by atoms with E-state index in [4.69, 9.17) is 0 Å². The van der Waals surface area contributed by atoms with Crippen LogP contribution in [0.4, 0.5) is 5.95 Å². The number of halogens is 1. The lowest BCUT2D eigenvalue weighted by atomic mass is 9.87. The van der Waals surface area contributed by atoms with Gasteiger partial charge in [0.15, 0.2) is 0 Å². The van der Waals surface area contributed by atoms with E-state index in [0.29, 0.717) is 25.3 Å². The number of hydrogen-bond acceptors (Lipinski definition) is 4. The molecule has 0 radical (unpaired) electrons. The highest BCUT2D eigenvalue weighted by Gasteiger charge is 2.42. The number of nitrogens with zero attached hydrogens (tertiary/aromatic N) is 4. The maximum Gasteiger partial charge on any atom is 0.254 e. The third-order valence-electron chi connectivity index (χ3n) is 4.93. The summed E-state index contributed by atoms with van der Waals surface area (Å²) in [7, 11) is 0. The monoisotopic (exact) mass is 386 g/mol. The van der Waals surface area contributed by atoms with E-state index in [1.165, 1.54) is 0 Å². The zero-order valence-electron chi connectivity index (χ0n) is 14.9. The van der Waals surface area contributed by atoms with Crippen LogP contribution < -0.4 is 10.6 Å². The SMILES string of the molecule is Cl.O=C(Nc1nccn1Cc1ccccc1)C1(n2cccn2)CCNCC1. The first-order valence-electron chi connectivity index (χ1n) is 8.85. The number of hydrogen-bond donors (Lipinski definition) is 2. The van der Waals surface area contributed by atoms with Crippen molar-refractivity contribution < 1.29 is 4.79 Å². The van der Waals surface area contributed by atoms with Gasteiger partial charge < -0.3 is 9.88 Å². The van der Waals surface area contributed by atoms with E-state index < -0.39 is 5.54 Å². The maximum absolute atomic E-state index is 13.2. The Bertz CT molecular complexity index is 855. The Balaban J connectivity index is 0.00000210. The molecule has 8 heteroatoms. The molecule has 0 spiro atoms. The van der Waals surface area contributed by atoms with Crippen molar-refractivity contribution in [2.75, 3.05) is 18.4 Å². The number of nitrogens with one attached hydrogen (secondary N) is 2. The average Bonchev–Trinajstić information content (AvgIpc) is 3.36. The molecule has 27 heavy (non-hydrogen) atoms. The van der Waals surface area contributed by atoms with Crippen LogP contribution in [-0.2, 0) is 16.9 Å². The number of piperidine rings is 1. The minimum Gasteiger partial charge on any atom is -0.317 e. The highest BCUT2D eigenvalue weighted by atomic mass is 35.5. The smallest absolute Gasteiger partial charge is 0.254 e. The van der Waals surface area contributed by atoms with Gasteiger partial charge >= 0.3 is 0 Å². The van der Waals surface area contributed by atoms with Gasteiger partial charge in [-0.05, 0) is 37.6 Å². The molecule has 2 N–H and O–H groups in total. The van der Waals surface area contributed by atoms with E-state index in [-0.39, 0.29) is 18.3 Å². The molecule has 0 bridgehead atoms. The second-order valence-corrected chi connectivity index (χ2v) is 6.55. The lowest BCUT2D eigenvalue weighted by Crippen LogP contribution is -2.52. The molecule has 2 aromatic heterocycles. The Morgan fingerprint density at radius 3 is 2.59 bits per heavy atom. The standard InChI is InChI=1S/C19H22N6O.ClH/c26-17(19(7-10-20-11-8-19)25-13-4-9-22-25)23-18-21-12-14-24(18)15-16-5-2-1-3-6-16;/h1-6,9,12-14,20H,7-8,10-11,15H2,(H,21,23,26);1H. The normalized spacial score (nSPS) is 15.7. The second kappa shape index (κ2) is 8.37. The van der Waals surface area contributed by atoms with Gasteiger partial charge in [0.25, 0.3) is 5.91 Å². The Kier molecular flexibility index (Phi) is 5.93. The van der Waals surface area contributed by atoms with E-state index in [0.717, 1.165) is 18.7 Å². The van der Waals surface area contributed by atoms with Crippen molar-refractivity contribution in [3.05, 3.63) is 66.7 Å². The minimum absolute atomic E-state index is 0. The molecule has 3 aromatic rings. The number of anilines is 1. The summed E-state index contributed by atoms with van der Waals surface area (Å²) < 4.78 is 3.73. The van der Waals surface area contributed by atoms with Gasteiger partial charge in [-0.1, -0.05) is 30.3 Å². The number of rotatable bonds is 5. The molecular weight excluding hydrogens is 364 g/mol. The Morgan fingerprint density at radius 2 is 1.89 bits per heavy atom. The first kappa shape index (κ1) is 19.1. The van der Waals surface area contributed by atoms with Crippen LogP contribution in [0, 0.1) is 0 Å². The van der Waals surface area contributed by atoms with Crippen LogP contribution in [-0.4, -0.2) is 38.3 Å². The van der Waals surface area contributed by atoms with Gasteiger partial charge in [0, 0.05) is 24.8 Å². The van der Waals surface area contributed by atoms with Crippen LogP contribution in [0.2, 0.25) is 0 Å². The van der Waals surface area contributed by atoms with E-state index in [9.17, 15) is 4.79 Å². The summed E-state index contributed by atoms with van der Waals surface area (Å²) in [6.45, 7) is 2.23. The van der Waals surface area contributed by atoms with E-state index in [1.54, 1.807) is 17.1 Å². The van der Waals surface area contributed by atoms with Gasteiger partial charge in [0.05, 0.1) is 6.54 Å². The number of benzene rings is 1. The molecule has 0 atom stereocenters. The fourth-order valence-electron chi connectivity index (χ4n) is 3.48. The van der Waals surface area contributed by atoms with Crippen molar-refractivity contribution >= 4 is 24.3 Å². The predicted octanol–water partition coefficient (Wildman–Crippen LogP) is 2.27. The topological polar surface area (TPSA) is 76.8 Å². The molecule has 0 unspecified atom stereocenters. The summed E-state index contributed by atoms with van der Waals surface area (Å²) in [6, 6.07) is 12.0. The van der Waals surface area contributed by atoms with Crippen molar-refractivity contribution in [2.45, 2.75) is 24.9 Å². The molecule has 3 heterocycles. The molecule has 1 amide bonds. The Morgan fingerprint density at radius 1 is 1.11 bits per heavy atom. The van der Waals surface area contributed by atoms with Gasteiger partial charge in [0.2, 0.25) is 5.95 Å². The Labute approximate surface area is 164 Å². The third kappa shape index (κ3) is 3.89. The molecule has 1 fully saturated rings. The predicted molar refractivity (Wildman–Crippen MR) is 106 cm³/mol. The number of amides is 1. The molecule has 1 aromatic carbocycles. The third-order valence-corrected chi connectivity index (χ3v) is 4.93. The quantitative estimate of drug-likeness (QED) is 0.705. The maximum atomic E-state index is 13.2. The number of imidazole rings is 1. The molecule has 7 nitrogen and oxygen atoms in total. The summed E-state index contributed by atoms with van der Waals surface area (Å²) in [5, 5.41) is 10.7. The number of carbonyl (C=O) groups excluding carboxylic acids is 1. The van der Waals surface area contributed by atoms with Gasteiger partial charge in [-0.3, -0.25) is 14.8 Å². The van der Waals surface area contributed by atoms with Crippen LogP contribution in [0.3, 0.4) is 0 Å². The van der Waals surface area contributed by atoms with Gasteiger partial charge in [-0.25, -0.2) is 4.98 Å². The zero-order chi connectivity index (χ0) is 17.8. The zero-order valence-corrected chi connectivity index (χ0v) is 15.7. The molecule has 142 valence electrons. The summed E-state index contributed by atoms with van der Waals surface area (Å²) >= 11 is 0. The molecule has 0 aliphatic carbocycles. The van der Waals surface area contributed by atoms with Crippen LogP contribution in [0.25, 0.3) is 0 Å². The largest absolute Gasteiger partial charge is 0.317 e. The van der Waals surface area contributed by atoms with Crippen LogP contribution >= 0.6 is 12.4 Å². The van der Waals surface area contributed by atoms with E-state index >= 15 is 0 Å². The molecule has 1 saturated heterocycles. The summed E-state index contributed by atoms with van der Waals surface area (Å²) in [5.74, 6) is 0.493. The lowest BCUT2D eigenvalue weighted by Gasteiger charge is -2.36. The summed E-state index contributed by atoms with van der Waals surface area (Å²) in [4.78, 5) is 17.6. The summed E-state index contributed by atoms with van der Waals surface area (Å²) in [6.07, 6.45) is 8.56. The first-order valence-corrected chi connectivity index (χ1v) is 8.85. The van der Waals surface area contributed by atoms with Crippen molar-refractivity contribution in [2.24, 2.45) is 0 Å². The fraction of sp³-hybridized carbons (Fsp3) is 0.316. The minimum atomic E-state index is -0.682. The molecule has 1 aliphatic heterocycles. The van der Waals surface area contributed by atoms with E-state index in [2.05, 4.69) is 32.8 Å². The molecular formula is C19H23ClN6O. The molecule has 0 saturated carbocycles. The van der Waals surface area contributed by atoms with E-state index in [1.807, 2.05) is 41.2 Å². The van der Waals surface area contributed by atoms with Crippen LogP contribution in [0.15, 0.2) is 61.2 Å².